The van der Waals surface area contributed by atoms with E-state index >= 15 is 0 Å². The Labute approximate surface area is 164 Å². The van der Waals surface area contributed by atoms with Gasteiger partial charge in [0.05, 0.1) is 18.2 Å². The minimum absolute atomic E-state index is 0.0496. The van der Waals surface area contributed by atoms with Crippen LogP contribution in [-0.2, 0) is 11.3 Å². The highest BCUT2D eigenvalue weighted by molar-refractivity contribution is 6.32. The lowest BCUT2D eigenvalue weighted by Gasteiger charge is -2.16. The number of hydrogen-bond donors (Lipinski definition) is 0. The van der Waals surface area contributed by atoms with Gasteiger partial charge in [-0.15, -0.1) is 0 Å². The standard InChI is InChI=1S/C21H23ClFNO3/c1-14(2)27-21-17(22)11-15(12-19(21)26-4)9-10-20(25)24(3)13-16-7-5-6-8-18(16)23/h5-12,14H,13H2,1-4H3. The number of methoxy groups -OCH3 is 1. The molecule has 0 aromatic heterocycles. The van der Waals surface area contributed by atoms with E-state index in [1.54, 1.807) is 43.5 Å². The number of benzene rings is 2. The van der Waals surface area contributed by atoms with Crippen LogP contribution in [0.25, 0.3) is 6.08 Å². The van der Waals surface area contributed by atoms with E-state index in [1.807, 2.05) is 13.8 Å². The molecule has 2 aromatic rings. The Morgan fingerprint density at radius 2 is 2.00 bits per heavy atom. The molecule has 144 valence electrons. The molecule has 6 heteroatoms. The van der Waals surface area contributed by atoms with Crippen LogP contribution in [0.15, 0.2) is 42.5 Å². The molecule has 0 saturated carbocycles. The van der Waals surface area contributed by atoms with Gasteiger partial charge in [0.2, 0.25) is 5.91 Å². The predicted molar refractivity (Wildman–Crippen MR) is 106 cm³/mol. The fourth-order valence-corrected chi connectivity index (χ4v) is 2.70. The van der Waals surface area contributed by atoms with Crippen molar-refractivity contribution in [2.75, 3.05) is 14.2 Å². The Bertz CT molecular complexity index is 836. The zero-order chi connectivity index (χ0) is 20.0. The molecule has 0 aliphatic heterocycles. The summed E-state index contributed by atoms with van der Waals surface area (Å²) in [6.45, 7) is 3.97. The third kappa shape index (κ3) is 5.73. The lowest BCUT2D eigenvalue weighted by Crippen LogP contribution is -2.24. The van der Waals surface area contributed by atoms with Crippen LogP contribution in [0.4, 0.5) is 4.39 Å². The molecular weight excluding hydrogens is 369 g/mol. The van der Waals surface area contributed by atoms with Crippen molar-refractivity contribution in [3.8, 4) is 11.5 Å². The summed E-state index contributed by atoms with van der Waals surface area (Å²) in [5.74, 6) is 0.367. The molecule has 0 aliphatic rings. The number of ether oxygens (including phenoxy) is 2. The van der Waals surface area contributed by atoms with E-state index in [0.717, 1.165) is 0 Å². The summed E-state index contributed by atoms with van der Waals surface area (Å²) in [6.07, 6.45) is 2.99. The monoisotopic (exact) mass is 391 g/mol. The number of carbonyl (C=O) groups excluding carboxylic acids is 1. The van der Waals surface area contributed by atoms with Crippen molar-refractivity contribution in [1.29, 1.82) is 0 Å². The summed E-state index contributed by atoms with van der Waals surface area (Å²) < 4.78 is 24.7. The molecule has 0 saturated heterocycles. The minimum Gasteiger partial charge on any atom is -0.493 e. The van der Waals surface area contributed by atoms with Gasteiger partial charge < -0.3 is 14.4 Å². The van der Waals surface area contributed by atoms with E-state index < -0.39 is 0 Å². The van der Waals surface area contributed by atoms with Crippen LogP contribution in [-0.4, -0.2) is 31.1 Å². The number of halogens is 2. The van der Waals surface area contributed by atoms with Gasteiger partial charge in [-0.1, -0.05) is 29.8 Å². The number of amides is 1. The van der Waals surface area contributed by atoms with Crippen molar-refractivity contribution in [2.24, 2.45) is 0 Å². The van der Waals surface area contributed by atoms with Gasteiger partial charge in [-0.05, 0) is 43.7 Å². The topological polar surface area (TPSA) is 38.8 Å². The second kappa shape index (κ2) is 9.42. The molecule has 0 spiro atoms. The van der Waals surface area contributed by atoms with E-state index in [0.29, 0.717) is 27.6 Å². The molecule has 0 N–H and O–H groups in total. The molecule has 2 aromatic carbocycles. The fraction of sp³-hybridized carbons (Fsp3) is 0.286. The number of nitrogens with zero attached hydrogens (tertiary/aromatic N) is 1. The lowest BCUT2D eigenvalue weighted by molar-refractivity contribution is -0.125. The third-order valence-electron chi connectivity index (χ3n) is 3.77. The molecular formula is C21H23ClFNO3. The molecule has 0 bridgehead atoms. The second-order valence-electron chi connectivity index (χ2n) is 6.32. The van der Waals surface area contributed by atoms with E-state index in [1.165, 1.54) is 24.2 Å². The number of hydrogen-bond acceptors (Lipinski definition) is 3. The maximum Gasteiger partial charge on any atom is 0.246 e. The molecule has 0 fully saturated rings. The first-order valence-electron chi connectivity index (χ1n) is 8.52. The Morgan fingerprint density at radius 1 is 1.30 bits per heavy atom. The molecule has 1 amide bonds. The highest BCUT2D eigenvalue weighted by atomic mass is 35.5. The van der Waals surface area contributed by atoms with E-state index in [4.69, 9.17) is 21.1 Å². The van der Waals surface area contributed by atoms with Crippen molar-refractivity contribution < 1.29 is 18.7 Å². The summed E-state index contributed by atoms with van der Waals surface area (Å²) in [5.41, 5.74) is 1.15. The zero-order valence-electron chi connectivity index (χ0n) is 15.8. The fourth-order valence-electron chi connectivity index (χ4n) is 2.44. The van der Waals surface area contributed by atoms with E-state index in [9.17, 15) is 9.18 Å². The Kier molecular flexibility index (Phi) is 7.25. The molecule has 27 heavy (non-hydrogen) atoms. The van der Waals surface area contributed by atoms with Gasteiger partial charge in [-0.2, -0.15) is 0 Å². The molecule has 0 heterocycles. The average Bonchev–Trinajstić information content (AvgIpc) is 2.63. The molecule has 2 rings (SSSR count). The smallest absolute Gasteiger partial charge is 0.246 e. The Balaban J connectivity index is 2.13. The average molecular weight is 392 g/mol. The van der Waals surface area contributed by atoms with Crippen LogP contribution < -0.4 is 9.47 Å². The summed E-state index contributed by atoms with van der Waals surface area (Å²) in [7, 11) is 3.14. The van der Waals surface area contributed by atoms with Gasteiger partial charge in [-0.3, -0.25) is 4.79 Å². The quantitative estimate of drug-likeness (QED) is 0.627. The SMILES string of the molecule is COc1cc(C=CC(=O)N(C)Cc2ccccc2F)cc(Cl)c1OC(C)C. The normalized spacial score (nSPS) is 11.1. The summed E-state index contributed by atoms with van der Waals surface area (Å²) in [4.78, 5) is 13.7. The Morgan fingerprint density at radius 3 is 2.63 bits per heavy atom. The zero-order valence-corrected chi connectivity index (χ0v) is 16.6. The number of carbonyl (C=O) groups is 1. The predicted octanol–water partition coefficient (Wildman–Crippen LogP) is 4.95. The Hall–Kier alpha value is -2.53. The van der Waals surface area contributed by atoms with Crippen LogP contribution in [0.5, 0.6) is 11.5 Å². The van der Waals surface area contributed by atoms with Gasteiger partial charge >= 0.3 is 0 Å². The molecule has 0 atom stereocenters. The summed E-state index contributed by atoms with van der Waals surface area (Å²) in [6, 6.07) is 9.82. The molecule has 4 nitrogen and oxygen atoms in total. The minimum atomic E-state index is -0.335. The highest BCUT2D eigenvalue weighted by Crippen LogP contribution is 2.37. The second-order valence-corrected chi connectivity index (χ2v) is 6.73. The highest BCUT2D eigenvalue weighted by Gasteiger charge is 2.13. The van der Waals surface area contributed by atoms with Crippen molar-refractivity contribution in [3.05, 3.63) is 64.4 Å². The van der Waals surface area contributed by atoms with Crippen molar-refractivity contribution in [1.82, 2.24) is 4.90 Å². The van der Waals surface area contributed by atoms with Crippen LogP contribution in [0.1, 0.15) is 25.0 Å². The summed E-state index contributed by atoms with van der Waals surface area (Å²) >= 11 is 6.28. The van der Waals surface area contributed by atoms with Gasteiger partial charge in [0.1, 0.15) is 5.82 Å². The van der Waals surface area contributed by atoms with Gasteiger partial charge in [0, 0.05) is 25.2 Å². The van der Waals surface area contributed by atoms with Crippen LogP contribution >= 0.6 is 11.6 Å². The van der Waals surface area contributed by atoms with Crippen molar-refractivity contribution in [2.45, 2.75) is 26.5 Å². The lowest BCUT2D eigenvalue weighted by atomic mass is 10.1. The molecule has 0 unspecified atom stereocenters. The first kappa shape index (κ1) is 20.8. The van der Waals surface area contributed by atoms with E-state index in [-0.39, 0.29) is 24.4 Å². The maximum atomic E-state index is 13.7. The van der Waals surface area contributed by atoms with Crippen LogP contribution in [0.2, 0.25) is 5.02 Å². The third-order valence-corrected chi connectivity index (χ3v) is 4.05. The van der Waals surface area contributed by atoms with Gasteiger partial charge in [0.25, 0.3) is 0 Å². The number of likely N-dealkylation sites (N-methyl/N-ethyl adjacent to an activating group) is 1. The van der Waals surface area contributed by atoms with Crippen LogP contribution in [0.3, 0.4) is 0 Å². The molecule has 0 aliphatic carbocycles. The van der Waals surface area contributed by atoms with Crippen molar-refractivity contribution in [3.63, 3.8) is 0 Å². The summed E-state index contributed by atoms with van der Waals surface area (Å²) in [5, 5.41) is 0.398. The van der Waals surface area contributed by atoms with Gasteiger partial charge in [0.15, 0.2) is 11.5 Å². The van der Waals surface area contributed by atoms with Gasteiger partial charge in [-0.25, -0.2) is 4.39 Å². The van der Waals surface area contributed by atoms with E-state index in [2.05, 4.69) is 0 Å². The largest absolute Gasteiger partial charge is 0.493 e. The first-order valence-corrected chi connectivity index (χ1v) is 8.90. The maximum absolute atomic E-state index is 13.7. The molecule has 0 radical (unpaired) electrons. The number of rotatable bonds is 7. The van der Waals surface area contributed by atoms with Crippen LogP contribution in [0, 0.1) is 5.82 Å². The first-order chi connectivity index (χ1) is 12.8. The van der Waals surface area contributed by atoms with Crippen molar-refractivity contribution >= 4 is 23.6 Å².